The minimum Gasteiger partial charge on any atom is -0.322 e. The molecule has 2 N–H and O–H groups in total. The summed E-state index contributed by atoms with van der Waals surface area (Å²) in [4.78, 5) is 37.2. The van der Waals surface area contributed by atoms with Crippen molar-refractivity contribution >= 4 is 44.2 Å². The summed E-state index contributed by atoms with van der Waals surface area (Å²) in [6.07, 6.45) is 1.36. The maximum atomic E-state index is 13.5. The number of hydrogen-bond acceptors (Lipinski definition) is 4. The number of rotatable bonds is 3. The number of aromatic amines is 1. The lowest BCUT2D eigenvalue weighted by atomic mass is 9.99. The van der Waals surface area contributed by atoms with Crippen LogP contribution in [0, 0.1) is 0 Å². The molecule has 0 bridgehead atoms. The average molecular weight is 442 g/mol. The van der Waals surface area contributed by atoms with Crippen LogP contribution in [0.15, 0.2) is 102 Å². The number of pyridine rings is 1. The number of anilines is 1. The molecule has 0 radical (unpaired) electrons. The Morgan fingerprint density at radius 3 is 2.47 bits per heavy atom. The summed E-state index contributed by atoms with van der Waals surface area (Å²) in [6, 6.07) is 28.7. The van der Waals surface area contributed by atoms with Crippen molar-refractivity contribution in [2.45, 2.75) is 0 Å². The van der Waals surface area contributed by atoms with Crippen molar-refractivity contribution in [2.75, 3.05) is 5.32 Å². The van der Waals surface area contributed by atoms with Crippen molar-refractivity contribution < 1.29 is 4.79 Å². The Morgan fingerprint density at radius 2 is 1.56 bits per heavy atom. The van der Waals surface area contributed by atoms with Gasteiger partial charge in [-0.3, -0.25) is 9.59 Å². The van der Waals surface area contributed by atoms with Gasteiger partial charge in [0.1, 0.15) is 0 Å². The fourth-order valence-corrected chi connectivity index (χ4v) is 4.29. The molecule has 162 valence electrons. The number of hydrogen-bond donors (Lipinski definition) is 2. The maximum Gasteiger partial charge on any atom is 0.258 e. The van der Waals surface area contributed by atoms with Gasteiger partial charge in [-0.05, 0) is 41.1 Å². The van der Waals surface area contributed by atoms with Crippen molar-refractivity contribution in [2.24, 2.45) is 0 Å². The summed E-state index contributed by atoms with van der Waals surface area (Å²) in [6.45, 7) is 0. The zero-order valence-corrected chi connectivity index (χ0v) is 17.9. The van der Waals surface area contributed by atoms with Gasteiger partial charge in [0, 0.05) is 16.6 Å². The van der Waals surface area contributed by atoms with Crippen molar-refractivity contribution in [1.82, 2.24) is 15.0 Å². The lowest BCUT2D eigenvalue weighted by Crippen LogP contribution is -2.14. The van der Waals surface area contributed by atoms with Crippen molar-refractivity contribution in [1.29, 1.82) is 0 Å². The van der Waals surface area contributed by atoms with E-state index in [2.05, 4.69) is 33.5 Å². The Hall–Kier alpha value is -4.84. The molecule has 6 heteroatoms. The smallest absolute Gasteiger partial charge is 0.258 e. The van der Waals surface area contributed by atoms with E-state index in [-0.39, 0.29) is 11.5 Å². The van der Waals surface area contributed by atoms with Gasteiger partial charge in [-0.15, -0.1) is 0 Å². The monoisotopic (exact) mass is 442 g/mol. The second kappa shape index (κ2) is 7.94. The van der Waals surface area contributed by atoms with Crippen LogP contribution in [0.1, 0.15) is 10.4 Å². The average Bonchev–Trinajstić information content (AvgIpc) is 2.88. The Bertz CT molecular complexity index is 1780. The predicted octanol–water partition coefficient (Wildman–Crippen LogP) is 5.54. The fourth-order valence-electron chi connectivity index (χ4n) is 4.29. The maximum absolute atomic E-state index is 13.5. The molecular weight excluding hydrogens is 424 g/mol. The fraction of sp³-hybridized carbons (Fsp3) is 0. The molecule has 6 rings (SSSR count). The molecule has 2 heterocycles. The number of para-hydroxylation sites is 1. The largest absolute Gasteiger partial charge is 0.322 e. The minimum atomic E-state index is -0.278. The summed E-state index contributed by atoms with van der Waals surface area (Å²) in [5, 5.41) is 6.28. The van der Waals surface area contributed by atoms with Gasteiger partial charge in [0.2, 0.25) is 0 Å². The number of nitrogens with one attached hydrogen (secondary N) is 2. The lowest BCUT2D eigenvalue weighted by Gasteiger charge is -2.12. The van der Waals surface area contributed by atoms with Gasteiger partial charge in [-0.2, -0.15) is 0 Å². The van der Waals surface area contributed by atoms with E-state index in [0.29, 0.717) is 22.2 Å². The number of carbonyl (C=O) groups excluding carboxylic acids is 1. The molecule has 0 unspecified atom stereocenters. The first-order chi connectivity index (χ1) is 16.7. The molecule has 6 aromatic rings. The molecule has 0 aliphatic carbocycles. The molecule has 0 saturated heterocycles. The number of carbonyl (C=O) groups is 1. The van der Waals surface area contributed by atoms with Crippen LogP contribution in [-0.2, 0) is 0 Å². The van der Waals surface area contributed by atoms with Crippen LogP contribution in [0.25, 0.3) is 43.8 Å². The SMILES string of the molecule is O=C(Nc1ccc2nc[nH]c(=O)c2c1)c1cc(-c2cccc3ccccc23)nc2ccccc12. The minimum absolute atomic E-state index is 0.256. The zero-order chi connectivity index (χ0) is 23.1. The van der Waals surface area contributed by atoms with Crippen LogP contribution in [0.2, 0.25) is 0 Å². The van der Waals surface area contributed by atoms with E-state index in [1.807, 2.05) is 54.6 Å². The molecule has 1 amide bonds. The van der Waals surface area contributed by atoms with Gasteiger partial charge in [-0.1, -0.05) is 60.7 Å². The molecule has 4 aromatic carbocycles. The number of benzene rings is 4. The number of nitrogens with zero attached hydrogens (tertiary/aromatic N) is 2. The molecule has 0 aliphatic heterocycles. The van der Waals surface area contributed by atoms with Crippen LogP contribution in [0.4, 0.5) is 5.69 Å². The van der Waals surface area contributed by atoms with Crippen molar-refractivity contribution in [3.8, 4) is 11.3 Å². The normalized spacial score (nSPS) is 11.2. The van der Waals surface area contributed by atoms with E-state index in [1.54, 1.807) is 18.2 Å². The second-order valence-electron chi connectivity index (χ2n) is 8.02. The number of fused-ring (bicyclic) bond motifs is 3. The highest BCUT2D eigenvalue weighted by Crippen LogP contribution is 2.31. The van der Waals surface area contributed by atoms with Gasteiger partial charge < -0.3 is 10.3 Å². The molecule has 2 aromatic heterocycles. The molecule has 34 heavy (non-hydrogen) atoms. The van der Waals surface area contributed by atoms with Crippen molar-refractivity contribution in [3.63, 3.8) is 0 Å². The number of H-pyrrole nitrogens is 1. The Kier molecular flexibility index (Phi) is 4.63. The van der Waals surface area contributed by atoms with Crippen LogP contribution in [0.3, 0.4) is 0 Å². The molecular formula is C28H18N4O2. The third-order valence-corrected chi connectivity index (χ3v) is 5.92. The van der Waals surface area contributed by atoms with E-state index in [0.717, 1.165) is 32.9 Å². The van der Waals surface area contributed by atoms with Gasteiger partial charge in [0.15, 0.2) is 0 Å². The highest BCUT2D eigenvalue weighted by atomic mass is 16.1. The van der Waals surface area contributed by atoms with Crippen LogP contribution >= 0.6 is 0 Å². The number of aromatic nitrogens is 3. The van der Waals surface area contributed by atoms with Crippen LogP contribution in [-0.4, -0.2) is 20.9 Å². The Balaban J connectivity index is 1.48. The van der Waals surface area contributed by atoms with E-state index >= 15 is 0 Å². The van der Waals surface area contributed by atoms with E-state index in [1.165, 1.54) is 6.33 Å². The highest BCUT2D eigenvalue weighted by molar-refractivity contribution is 6.14. The first-order valence-electron chi connectivity index (χ1n) is 10.8. The molecule has 6 nitrogen and oxygen atoms in total. The topological polar surface area (TPSA) is 87.7 Å². The molecule has 0 aliphatic rings. The standard InChI is InChI=1S/C28H18N4O2/c33-27-23-14-18(12-13-24(23)29-16-30-27)31-28(34)22-15-26(32-25-11-4-3-9-21(22)25)20-10-5-7-17-6-1-2-8-19(17)20/h1-16H,(H,31,34)(H,29,30,33). The molecule has 0 spiro atoms. The Labute approximate surface area is 193 Å². The molecule has 0 fully saturated rings. The molecule has 0 atom stereocenters. The first kappa shape index (κ1) is 19.8. The third kappa shape index (κ3) is 3.38. The van der Waals surface area contributed by atoms with Gasteiger partial charge in [-0.25, -0.2) is 9.97 Å². The second-order valence-corrected chi connectivity index (χ2v) is 8.02. The predicted molar refractivity (Wildman–Crippen MR) is 135 cm³/mol. The van der Waals surface area contributed by atoms with Gasteiger partial charge in [0.05, 0.1) is 34.0 Å². The molecule has 0 saturated carbocycles. The van der Waals surface area contributed by atoms with E-state index in [9.17, 15) is 9.59 Å². The van der Waals surface area contributed by atoms with Gasteiger partial charge >= 0.3 is 0 Å². The van der Waals surface area contributed by atoms with E-state index < -0.39 is 0 Å². The lowest BCUT2D eigenvalue weighted by molar-refractivity contribution is 0.102. The van der Waals surface area contributed by atoms with E-state index in [4.69, 9.17) is 4.98 Å². The Morgan fingerprint density at radius 1 is 0.765 bits per heavy atom. The summed E-state index contributed by atoms with van der Waals surface area (Å²) in [7, 11) is 0. The summed E-state index contributed by atoms with van der Waals surface area (Å²) < 4.78 is 0. The van der Waals surface area contributed by atoms with Gasteiger partial charge in [0.25, 0.3) is 11.5 Å². The first-order valence-corrected chi connectivity index (χ1v) is 10.8. The summed E-state index contributed by atoms with van der Waals surface area (Å²) in [5.41, 5.74) is 3.75. The quantitative estimate of drug-likeness (QED) is 0.376. The third-order valence-electron chi connectivity index (χ3n) is 5.92. The summed E-state index contributed by atoms with van der Waals surface area (Å²) in [5.74, 6) is -0.278. The highest BCUT2D eigenvalue weighted by Gasteiger charge is 2.16. The number of amides is 1. The van der Waals surface area contributed by atoms with Crippen LogP contribution in [0.5, 0.6) is 0 Å². The van der Waals surface area contributed by atoms with Crippen molar-refractivity contribution in [3.05, 3.63) is 113 Å². The zero-order valence-electron chi connectivity index (χ0n) is 17.9. The summed E-state index contributed by atoms with van der Waals surface area (Å²) >= 11 is 0. The van der Waals surface area contributed by atoms with Crippen LogP contribution < -0.4 is 10.9 Å².